The lowest BCUT2D eigenvalue weighted by Crippen LogP contribution is -2.25. The summed E-state index contributed by atoms with van der Waals surface area (Å²) in [7, 11) is -3.65. The summed E-state index contributed by atoms with van der Waals surface area (Å²) in [6.45, 7) is 5.25. The second-order valence-corrected chi connectivity index (χ2v) is 6.39. The van der Waals surface area contributed by atoms with E-state index in [-0.39, 0.29) is 11.4 Å². The molecule has 0 amide bonds. The zero-order chi connectivity index (χ0) is 14.9. The van der Waals surface area contributed by atoms with Crippen LogP contribution in [0.4, 0.5) is 5.69 Å². The van der Waals surface area contributed by atoms with Crippen molar-refractivity contribution in [2.75, 3.05) is 5.73 Å². The molecular weight excluding hydrogens is 278 g/mol. The molecule has 0 aliphatic heterocycles. The minimum Gasteiger partial charge on any atom is -0.398 e. The highest BCUT2D eigenvalue weighted by molar-refractivity contribution is 7.89. The number of nitrogens with zero attached hydrogens (tertiary/aromatic N) is 1. The summed E-state index contributed by atoms with van der Waals surface area (Å²) in [4.78, 5) is 0.216. The van der Waals surface area contributed by atoms with E-state index in [0.717, 1.165) is 0 Å². The van der Waals surface area contributed by atoms with Crippen LogP contribution in [0.15, 0.2) is 27.6 Å². The maximum absolute atomic E-state index is 12.4. The van der Waals surface area contributed by atoms with Gasteiger partial charge < -0.3 is 10.3 Å². The molecule has 0 radical (unpaired) electrons. The number of rotatable bonds is 4. The Kier molecular flexibility index (Phi) is 3.82. The highest BCUT2D eigenvalue weighted by atomic mass is 32.2. The van der Waals surface area contributed by atoms with Gasteiger partial charge in [-0.3, -0.25) is 0 Å². The maximum atomic E-state index is 12.4. The molecule has 20 heavy (non-hydrogen) atoms. The number of anilines is 1. The molecule has 1 aromatic carbocycles. The van der Waals surface area contributed by atoms with Gasteiger partial charge in [0.15, 0.2) is 5.76 Å². The second-order valence-electron chi connectivity index (χ2n) is 4.68. The first-order valence-corrected chi connectivity index (χ1v) is 7.57. The average Bonchev–Trinajstić information content (AvgIpc) is 2.78. The number of benzene rings is 1. The molecule has 6 nitrogen and oxygen atoms in total. The fraction of sp³-hybridized carbons (Fsp3) is 0.308. The number of nitrogen functional groups attached to an aromatic ring is 1. The Morgan fingerprint density at radius 1 is 1.30 bits per heavy atom. The van der Waals surface area contributed by atoms with Gasteiger partial charge in [0.25, 0.3) is 0 Å². The van der Waals surface area contributed by atoms with Gasteiger partial charge in [0, 0.05) is 11.8 Å². The molecule has 7 heteroatoms. The second kappa shape index (κ2) is 5.26. The largest absolute Gasteiger partial charge is 0.398 e. The first-order chi connectivity index (χ1) is 9.31. The van der Waals surface area contributed by atoms with Gasteiger partial charge in [0.2, 0.25) is 10.0 Å². The Morgan fingerprint density at radius 2 is 2.00 bits per heavy atom. The van der Waals surface area contributed by atoms with E-state index in [1.54, 1.807) is 39.0 Å². The van der Waals surface area contributed by atoms with E-state index in [1.807, 2.05) is 0 Å². The highest BCUT2D eigenvalue weighted by Crippen LogP contribution is 2.24. The molecule has 3 N–H and O–H groups in total. The minimum absolute atomic E-state index is 0.0524. The van der Waals surface area contributed by atoms with Gasteiger partial charge >= 0.3 is 0 Å². The fourth-order valence-electron chi connectivity index (χ4n) is 1.99. The molecule has 1 aromatic heterocycles. The smallest absolute Gasteiger partial charge is 0.241 e. The molecule has 0 aliphatic rings. The maximum Gasteiger partial charge on any atom is 0.241 e. The highest BCUT2D eigenvalue weighted by Gasteiger charge is 2.21. The van der Waals surface area contributed by atoms with Crippen molar-refractivity contribution in [3.05, 3.63) is 40.8 Å². The monoisotopic (exact) mass is 295 g/mol. The van der Waals surface area contributed by atoms with Gasteiger partial charge in [-0.25, -0.2) is 13.1 Å². The fourth-order valence-corrected chi connectivity index (χ4v) is 3.48. The molecule has 0 saturated heterocycles. The quantitative estimate of drug-likeness (QED) is 0.836. The molecule has 0 spiro atoms. The molecule has 2 aromatic rings. The van der Waals surface area contributed by atoms with Crippen LogP contribution >= 0.6 is 0 Å². The predicted molar refractivity (Wildman–Crippen MR) is 75.6 cm³/mol. The van der Waals surface area contributed by atoms with E-state index in [4.69, 9.17) is 10.3 Å². The van der Waals surface area contributed by atoms with E-state index in [1.165, 1.54) is 0 Å². The molecule has 0 fully saturated rings. The van der Waals surface area contributed by atoms with Crippen molar-refractivity contribution < 1.29 is 12.9 Å². The van der Waals surface area contributed by atoms with Crippen LogP contribution in [0.1, 0.15) is 22.6 Å². The molecule has 0 saturated carbocycles. The van der Waals surface area contributed by atoms with Crippen LogP contribution in [0.2, 0.25) is 0 Å². The number of aryl methyl sites for hydroxylation is 2. The summed E-state index contributed by atoms with van der Waals surface area (Å²) in [5.74, 6) is 0.463. The van der Waals surface area contributed by atoms with E-state index >= 15 is 0 Å². The van der Waals surface area contributed by atoms with Crippen molar-refractivity contribution in [1.29, 1.82) is 0 Å². The molecule has 0 unspecified atom stereocenters. The third-order valence-electron chi connectivity index (χ3n) is 3.03. The van der Waals surface area contributed by atoms with Crippen molar-refractivity contribution in [3.8, 4) is 0 Å². The topological polar surface area (TPSA) is 98.2 Å². The first-order valence-electron chi connectivity index (χ1n) is 6.09. The Bertz CT molecular complexity index is 735. The molecule has 0 atom stereocenters. The lowest BCUT2D eigenvalue weighted by molar-refractivity contribution is 0.377. The van der Waals surface area contributed by atoms with Crippen LogP contribution < -0.4 is 10.5 Å². The van der Waals surface area contributed by atoms with Gasteiger partial charge in [-0.1, -0.05) is 11.2 Å². The van der Waals surface area contributed by atoms with E-state index < -0.39 is 10.0 Å². The lowest BCUT2D eigenvalue weighted by atomic mass is 10.1. The summed E-state index contributed by atoms with van der Waals surface area (Å²) in [5, 5.41) is 3.71. The molecule has 1 heterocycles. The number of nitrogens with two attached hydrogens (primary N) is 1. The predicted octanol–water partition coefficient (Wildman–Crippen LogP) is 1.66. The van der Waals surface area contributed by atoms with Crippen LogP contribution in [0.25, 0.3) is 0 Å². The van der Waals surface area contributed by atoms with Crippen LogP contribution in [0.3, 0.4) is 0 Å². The summed E-state index contributed by atoms with van der Waals surface area (Å²) in [6.07, 6.45) is 0. The van der Waals surface area contributed by atoms with Crippen molar-refractivity contribution in [1.82, 2.24) is 9.88 Å². The number of hydrogen-bond donors (Lipinski definition) is 2. The van der Waals surface area contributed by atoms with Crippen LogP contribution in [-0.2, 0) is 16.6 Å². The number of sulfonamides is 1. The van der Waals surface area contributed by atoms with Gasteiger partial charge in [-0.2, -0.15) is 0 Å². The summed E-state index contributed by atoms with van der Waals surface area (Å²) >= 11 is 0. The number of aromatic nitrogens is 1. The Morgan fingerprint density at radius 3 is 2.60 bits per heavy atom. The molecule has 2 rings (SSSR count). The lowest BCUT2D eigenvalue weighted by Gasteiger charge is -2.13. The molecule has 0 aliphatic carbocycles. The van der Waals surface area contributed by atoms with Gasteiger partial charge in [-0.05, 0) is 38.0 Å². The van der Waals surface area contributed by atoms with Gasteiger partial charge in [0.05, 0.1) is 17.1 Å². The standard InChI is InChI=1S/C13H17N3O3S/c1-8-4-5-12(14)10(3)13(8)20(17,18)15-7-11-6-9(2)16-19-11/h4-6,15H,7,14H2,1-3H3. The van der Waals surface area contributed by atoms with Crippen LogP contribution in [-0.4, -0.2) is 13.6 Å². The van der Waals surface area contributed by atoms with Crippen LogP contribution in [0.5, 0.6) is 0 Å². The Balaban J connectivity index is 2.29. The van der Waals surface area contributed by atoms with Crippen molar-refractivity contribution in [3.63, 3.8) is 0 Å². The van der Waals surface area contributed by atoms with Gasteiger partial charge in [0.1, 0.15) is 0 Å². The first kappa shape index (κ1) is 14.5. The molecular formula is C13H17N3O3S. The summed E-state index contributed by atoms with van der Waals surface area (Å²) in [5.41, 5.74) is 8.13. The summed E-state index contributed by atoms with van der Waals surface area (Å²) < 4.78 is 32.2. The van der Waals surface area contributed by atoms with Crippen molar-refractivity contribution >= 4 is 15.7 Å². The van der Waals surface area contributed by atoms with E-state index in [2.05, 4.69) is 9.88 Å². The third-order valence-corrected chi connectivity index (χ3v) is 4.72. The molecule has 0 bridgehead atoms. The van der Waals surface area contributed by atoms with E-state index in [0.29, 0.717) is 28.3 Å². The summed E-state index contributed by atoms with van der Waals surface area (Å²) in [6, 6.07) is 5.07. The molecule has 108 valence electrons. The zero-order valence-corrected chi connectivity index (χ0v) is 12.4. The van der Waals surface area contributed by atoms with Crippen molar-refractivity contribution in [2.45, 2.75) is 32.2 Å². The third kappa shape index (κ3) is 2.83. The minimum atomic E-state index is -3.65. The Labute approximate surface area is 118 Å². The Hall–Kier alpha value is -1.86. The van der Waals surface area contributed by atoms with Crippen LogP contribution in [0, 0.1) is 20.8 Å². The van der Waals surface area contributed by atoms with Gasteiger partial charge in [-0.15, -0.1) is 0 Å². The normalized spacial score (nSPS) is 11.8. The zero-order valence-electron chi connectivity index (χ0n) is 11.6. The average molecular weight is 295 g/mol. The van der Waals surface area contributed by atoms with E-state index in [9.17, 15) is 8.42 Å². The number of nitrogens with one attached hydrogen (secondary N) is 1. The van der Waals surface area contributed by atoms with Crippen molar-refractivity contribution in [2.24, 2.45) is 0 Å². The SMILES string of the molecule is Cc1cc(CNS(=O)(=O)c2c(C)ccc(N)c2C)on1. The number of hydrogen-bond acceptors (Lipinski definition) is 5.